The van der Waals surface area contributed by atoms with Gasteiger partial charge in [-0.1, -0.05) is 44.2 Å². The van der Waals surface area contributed by atoms with Crippen LogP contribution in [0, 0.1) is 17.6 Å². The number of rotatable bonds is 7. The minimum Gasteiger partial charge on any atom is -0.457 e. The fourth-order valence-corrected chi connectivity index (χ4v) is 4.05. The minimum absolute atomic E-state index is 0.0669. The molecule has 4 nitrogen and oxygen atoms in total. The number of allylic oxidation sites excluding steroid dienone is 1. The van der Waals surface area contributed by atoms with E-state index in [9.17, 15) is 13.6 Å². The lowest BCUT2D eigenvalue weighted by molar-refractivity contribution is 0.0948. The summed E-state index contributed by atoms with van der Waals surface area (Å²) in [7, 11) is 0. The van der Waals surface area contributed by atoms with Crippen molar-refractivity contribution >= 4 is 11.6 Å². The molecule has 0 aliphatic carbocycles. The van der Waals surface area contributed by atoms with Crippen LogP contribution in [0.25, 0.3) is 5.70 Å². The van der Waals surface area contributed by atoms with Crippen molar-refractivity contribution in [3.05, 3.63) is 101 Å². The van der Waals surface area contributed by atoms with Gasteiger partial charge in [0, 0.05) is 18.3 Å². The number of carbonyl (C=O) groups excluding carboxylic acids is 1. The van der Waals surface area contributed by atoms with Crippen LogP contribution < -0.4 is 15.4 Å². The monoisotopic (exact) mass is 462 g/mol. The van der Waals surface area contributed by atoms with Crippen LogP contribution in [0.1, 0.15) is 48.2 Å². The number of benzene rings is 3. The molecule has 0 saturated carbocycles. The molecule has 2 atom stereocenters. The molecule has 0 aromatic heterocycles. The van der Waals surface area contributed by atoms with E-state index in [1.165, 1.54) is 36.4 Å². The summed E-state index contributed by atoms with van der Waals surface area (Å²) in [6.07, 6.45) is 4.37. The highest BCUT2D eigenvalue weighted by atomic mass is 19.1. The normalized spacial score (nSPS) is 17.5. The molecule has 0 saturated heterocycles. The number of ether oxygens (including phenoxy) is 1. The standard InChI is InChI=1S/C28H28F2N2O2/c1-3-25-18(2)4-14-26(32-25)20-7-5-19(6-8-20)17-31-28(33)24-16-22(30)11-15-27(24)34-23-12-9-21(29)10-13-23/h5-16,18,25,32H,3-4,17H2,1-2H3,(H,31,33). The van der Waals surface area contributed by atoms with Gasteiger partial charge in [-0.2, -0.15) is 0 Å². The lowest BCUT2D eigenvalue weighted by Gasteiger charge is -2.30. The van der Waals surface area contributed by atoms with E-state index in [0.717, 1.165) is 35.7 Å². The van der Waals surface area contributed by atoms with Crippen molar-refractivity contribution < 1.29 is 18.3 Å². The summed E-state index contributed by atoms with van der Waals surface area (Å²) >= 11 is 0. The molecule has 3 aromatic carbocycles. The molecule has 1 aliphatic rings. The van der Waals surface area contributed by atoms with Gasteiger partial charge >= 0.3 is 0 Å². The van der Waals surface area contributed by atoms with E-state index in [0.29, 0.717) is 17.7 Å². The summed E-state index contributed by atoms with van der Waals surface area (Å²) in [6, 6.07) is 17.6. The van der Waals surface area contributed by atoms with Crippen molar-refractivity contribution in [2.45, 2.75) is 39.3 Å². The average molecular weight is 463 g/mol. The molecular formula is C28H28F2N2O2. The molecule has 2 N–H and O–H groups in total. The topological polar surface area (TPSA) is 50.4 Å². The van der Waals surface area contributed by atoms with Crippen molar-refractivity contribution in [2.24, 2.45) is 5.92 Å². The van der Waals surface area contributed by atoms with Gasteiger partial charge < -0.3 is 15.4 Å². The Labute approximate surface area is 198 Å². The van der Waals surface area contributed by atoms with Gasteiger partial charge in [-0.3, -0.25) is 4.79 Å². The molecular weight excluding hydrogens is 434 g/mol. The van der Waals surface area contributed by atoms with Gasteiger partial charge in [0.25, 0.3) is 5.91 Å². The molecule has 0 bridgehead atoms. The number of hydrogen-bond donors (Lipinski definition) is 2. The Bertz CT molecular complexity index is 1170. The second kappa shape index (κ2) is 10.5. The third-order valence-corrected chi connectivity index (χ3v) is 6.11. The van der Waals surface area contributed by atoms with Gasteiger partial charge in [-0.25, -0.2) is 8.78 Å². The van der Waals surface area contributed by atoms with Crippen molar-refractivity contribution in [1.82, 2.24) is 10.6 Å². The Hall–Kier alpha value is -3.67. The molecule has 3 aromatic rings. The summed E-state index contributed by atoms with van der Waals surface area (Å²) < 4.78 is 32.7. The first-order valence-corrected chi connectivity index (χ1v) is 11.5. The van der Waals surface area contributed by atoms with Crippen LogP contribution in [0.15, 0.2) is 72.8 Å². The Morgan fingerprint density at radius 3 is 2.44 bits per heavy atom. The van der Waals surface area contributed by atoms with Gasteiger partial charge in [0.1, 0.15) is 23.1 Å². The maximum absolute atomic E-state index is 13.9. The second-order valence-electron chi connectivity index (χ2n) is 8.57. The van der Waals surface area contributed by atoms with Crippen molar-refractivity contribution in [1.29, 1.82) is 0 Å². The molecule has 1 aliphatic heterocycles. The highest BCUT2D eigenvalue weighted by Gasteiger charge is 2.20. The van der Waals surface area contributed by atoms with Crippen molar-refractivity contribution in [2.75, 3.05) is 0 Å². The highest BCUT2D eigenvalue weighted by molar-refractivity contribution is 5.97. The van der Waals surface area contributed by atoms with Crippen LogP contribution in [0.4, 0.5) is 8.78 Å². The maximum Gasteiger partial charge on any atom is 0.255 e. The zero-order chi connectivity index (χ0) is 24.1. The second-order valence-corrected chi connectivity index (χ2v) is 8.57. The highest BCUT2D eigenvalue weighted by Crippen LogP contribution is 2.27. The minimum atomic E-state index is -0.547. The van der Waals surface area contributed by atoms with E-state index in [2.05, 4.69) is 30.6 Å². The molecule has 1 heterocycles. The molecule has 6 heteroatoms. The van der Waals surface area contributed by atoms with E-state index in [1.54, 1.807) is 0 Å². The number of nitrogens with one attached hydrogen (secondary N) is 2. The Kier molecular flexibility index (Phi) is 7.26. The van der Waals surface area contributed by atoms with E-state index in [4.69, 9.17) is 4.74 Å². The van der Waals surface area contributed by atoms with Crippen molar-refractivity contribution in [3.8, 4) is 11.5 Å². The first-order chi connectivity index (χ1) is 16.4. The lowest BCUT2D eigenvalue weighted by atomic mass is 9.90. The van der Waals surface area contributed by atoms with Crippen molar-refractivity contribution in [3.63, 3.8) is 0 Å². The van der Waals surface area contributed by atoms with E-state index in [-0.39, 0.29) is 17.9 Å². The summed E-state index contributed by atoms with van der Waals surface area (Å²) in [5.74, 6) is -0.251. The molecule has 0 radical (unpaired) electrons. The van der Waals surface area contributed by atoms with Gasteiger partial charge in [-0.05, 0) is 72.4 Å². The van der Waals surface area contributed by atoms with Gasteiger partial charge in [0.15, 0.2) is 0 Å². The number of carbonyl (C=O) groups is 1. The number of halogens is 2. The van der Waals surface area contributed by atoms with Crippen LogP contribution in [0.3, 0.4) is 0 Å². The smallest absolute Gasteiger partial charge is 0.255 e. The average Bonchev–Trinajstić information content (AvgIpc) is 2.85. The predicted octanol–water partition coefficient (Wildman–Crippen LogP) is 6.44. The molecule has 0 fully saturated rings. The third-order valence-electron chi connectivity index (χ3n) is 6.11. The van der Waals surface area contributed by atoms with Gasteiger partial charge in [0.05, 0.1) is 5.56 Å². The fourth-order valence-electron chi connectivity index (χ4n) is 4.05. The molecule has 4 rings (SSSR count). The van der Waals surface area contributed by atoms with E-state index >= 15 is 0 Å². The molecule has 0 spiro atoms. The molecule has 176 valence electrons. The van der Waals surface area contributed by atoms with Crippen LogP contribution in [0.2, 0.25) is 0 Å². The summed E-state index contributed by atoms with van der Waals surface area (Å²) in [5.41, 5.74) is 3.24. The summed E-state index contributed by atoms with van der Waals surface area (Å²) in [4.78, 5) is 12.8. The van der Waals surface area contributed by atoms with Crippen LogP contribution >= 0.6 is 0 Å². The molecule has 1 amide bonds. The zero-order valence-electron chi connectivity index (χ0n) is 19.3. The zero-order valence-corrected chi connectivity index (χ0v) is 19.3. The Morgan fingerprint density at radius 1 is 1.03 bits per heavy atom. The first-order valence-electron chi connectivity index (χ1n) is 11.5. The van der Waals surface area contributed by atoms with E-state index < -0.39 is 17.5 Å². The van der Waals surface area contributed by atoms with Crippen LogP contribution in [-0.4, -0.2) is 11.9 Å². The van der Waals surface area contributed by atoms with Crippen LogP contribution in [0.5, 0.6) is 11.5 Å². The largest absolute Gasteiger partial charge is 0.457 e. The van der Waals surface area contributed by atoms with Crippen LogP contribution in [-0.2, 0) is 6.54 Å². The van der Waals surface area contributed by atoms with Gasteiger partial charge in [0.2, 0.25) is 0 Å². The Balaban J connectivity index is 1.42. The number of hydrogen-bond acceptors (Lipinski definition) is 3. The summed E-state index contributed by atoms with van der Waals surface area (Å²) in [6.45, 7) is 4.74. The lowest BCUT2D eigenvalue weighted by Crippen LogP contribution is -2.36. The Morgan fingerprint density at radius 2 is 1.74 bits per heavy atom. The molecule has 34 heavy (non-hydrogen) atoms. The quantitative estimate of drug-likeness (QED) is 0.425. The first kappa shape index (κ1) is 23.5. The molecule has 2 unspecified atom stereocenters. The maximum atomic E-state index is 13.9. The SMILES string of the molecule is CCC1NC(c2ccc(CNC(=O)c3cc(F)ccc3Oc3ccc(F)cc3)cc2)=CCC1C. The third kappa shape index (κ3) is 5.63. The fraction of sp³-hybridized carbons (Fsp3) is 0.250. The van der Waals surface area contributed by atoms with E-state index in [1.807, 2.05) is 24.3 Å². The van der Waals surface area contributed by atoms with Gasteiger partial charge in [-0.15, -0.1) is 0 Å². The summed E-state index contributed by atoms with van der Waals surface area (Å²) in [5, 5.41) is 6.44. The predicted molar refractivity (Wildman–Crippen MR) is 129 cm³/mol. The number of amides is 1.